The summed E-state index contributed by atoms with van der Waals surface area (Å²) in [4.78, 5) is 2.66. The van der Waals surface area contributed by atoms with Gasteiger partial charge in [-0.3, -0.25) is 5.10 Å². The normalized spacial score (nSPS) is 31.0. The van der Waals surface area contributed by atoms with Gasteiger partial charge in [-0.05, 0) is 50.3 Å². The van der Waals surface area contributed by atoms with Gasteiger partial charge in [-0.25, -0.2) is 0 Å². The molecular formula is C12H19N3. The monoisotopic (exact) mass is 205 g/mol. The maximum atomic E-state index is 4.17. The lowest BCUT2D eigenvalue weighted by atomic mass is 9.78. The summed E-state index contributed by atoms with van der Waals surface area (Å²) in [5.41, 5.74) is 2.85. The molecule has 1 aliphatic heterocycles. The van der Waals surface area contributed by atoms with Gasteiger partial charge in [-0.15, -0.1) is 0 Å². The second-order valence-electron chi connectivity index (χ2n) is 4.88. The van der Waals surface area contributed by atoms with E-state index in [1.165, 1.54) is 50.0 Å². The van der Waals surface area contributed by atoms with Crippen LogP contribution in [0.5, 0.6) is 0 Å². The third-order valence-electron chi connectivity index (χ3n) is 4.14. The highest BCUT2D eigenvalue weighted by Gasteiger charge is 2.35. The fourth-order valence-electron chi connectivity index (χ4n) is 3.32. The Morgan fingerprint density at radius 3 is 3.33 bits per heavy atom. The number of hydrogen-bond acceptors (Lipinski definition) is 2. The minimum atomic E-state index is 0.786. The van der Waals surface area contributed by atoms with Crippen molar-refractivity contribution >= 4 is 0 Å². The molecule has 0 aromatic carbocycles. The van der Waals surface area contributed by atoms with Crippen LogP contribution in [0.2, 0.25) is 0 Å². The molecule has 1 N–H and O–H groups in total. The highest BCUT2D eigenvalue weighted by molar-refractivity contribution is 5.23. The zero-order valence-corrected chi connectivity index (χ0v) is 9.37. The standard InChI is InChI=1S/C12H19N3/c1-2-15-5-3-4-9-6-11-10(7-12(9)15)8-13-14-11/h8-9,12H,2-7H2,1H3,(H,13,14)/t9-,12-/m0/s1. The number of fused-ring (bicyclic) bond motifs is 2. The van der Waals surface area contributed by atoms with E-state index in [2.05, 4.69) is 22.0 Å². The summed E-state index contributed by atoms with van der Waals surface area (Å²) in [5.74, 6) is 0.867. The Morgan fingerprint density at radius 1 is 1.53 bits per heavy atom. The summed E-state index contributed by atoms with van der Waals surface area (Å²) in [5, 5.41) is 7.32. The SMILES string of the molecule is CCN1CCC[C@H]2Cc3[nH]ncc3C[C@@H]21. The van der Waals surface area contributed by atoms with Crippen LogP contribution in [0.4, 0.5) is 0 Å². The largest absolute Gasteiger partial charge is 0.300 e. The van der Waals surface area contributed by atoms with Crippen LogP contribution in [0.15, 0.2) is 6.20 Å². The van der Waals surface area contributed by atoms with Crippen LogP contribution in [0.1, 0.15) is 31.0 Å². The third kappa shape index (κ3) is 1.49. The molecule has 0 saturated carbocycles. The Bertz CT molecular complexity index is 344. The first kappa shape index (κ1) is 9.40. The van der Waals surface area contributed by atoms with E-state index in [9.17, 15) is 0 Å². The lowest BCUT2D eigenvalue weighted by Crippen LogP contribution is -2.48. The molecule has 3 heteroatoms. The first-order valence-electron chi connectivity index (χ1n) is 6.13. The Labute approximate surface area is 90.9 Å². The number of aromatic amines is 1. The molecule has 0 bridgehead atoms. The zero-order chi connectivity index (χ0) is 10.3. The average molecular weight is 205 g/mol. The van der Waals surface area contributed by atoms with Gasteiger partial charge in [0.05, 0.1) is 6.20 Å². The molecule has 3 nitrogen and oxygen atoms in total. The Morgan fingerprint density at radius 2 is 2.47 bits per heavy atom. The van der Waals surface area contributed by atoms with Gasteiger partial charge in [0.2, 0.25) is 0 Å². The molecule has 1 aromatic heterocycles. The molecule has 2 atom stereocenters. The molecule has 0 spiro atoms. The van der Waals surface area contributed by atoms with E-state index in [1.54, 1.807) is 0 Å². The number of nitrogens with zero attached hydrogens (tertiary/aromatic N) is 2. The van der Waals surface area contributed by atoms with Gasteiger partial charge in [0.1, 0.15) is 0 Å². The van der Waals surface area contributed by atoms with E-state index < -0.39 is 0 Å². The number of likely N-dealkylation sites (N-methyl/N-ethyl adjacent to an activating group) is 1. The van der Waals surface area contributed by atoms with Crippen molar-refractivity contribution in [2.75, 3.05) is 13.1 Å². The van der Waals surface area contributed by atoms with Crippen molar-refractivity contribution in [2.45, 2.75) is 38.6 Å². The van der Waals surface area contributed by atoms with Crippen LogP contribution in [-0.4, -0.2) is 34.2 Å². The summed E-state index contributed by atoms with van der Waals surface area (Å²) in [7, 11) is 0. The van der Waals surface area contributed by atoms with E-state index >= 15 is 0 Å². The van der Waals surface area contributed by atoms with Crippen molar-refractivity contribution in [3.63, 3.8) is 0 Å². The van der Waals surface area contributed by atoms with Crippen molar-refractivity contribution < 1.29 is 0 Å². The van der Waals surface area contributed by atoms with Crippen LogP contribution in [0, 0.1) is 5.92 Å². The minimum Gasteiger partial charge on any atom is -0.300 e. The average Bonchev–Trinajstić information content (AvgIpc) is 2.72. The maximum Gasteiger partial charge on any atom is 0.0522 e. The molecule has 15 heavy (non-hydrogen) atoms. The summed E-state index contributed by atoms with van der Waals surface area (Å²) < 4.78 is 0. The van der Waals surface area contributed by atoms with Gasteiger partial charge in [-0.1, -0.05) is 6.92 Å². The first-order valence-corrected chi connectivity index (χ1v) is 6.13. The van der Waals surface area contributed by atoms with Crippen molar-refractivity contribution in [3.05, 3.63) is 17.5 Å². The molecule has 2 heterocycles. The Balaban J connectivity index is 1.87. The lowest BCUT2D eigenvalue weighted by molar-refractivity contribution is 0.0904. The van der Waals surface area contributed by atoms with Crippen molar-refractivity contribution in [3.8, 4) is 0 Å². The Hall–Kier alpha value is -0.830. The second-order valence-corrected chi connectivity index (χ2v) is 4.88. The summed E-state index contributed by atoms with van der Waals surface area (Å²) in [6.07, 6.45) is 7.23. The summed E-state index contributed by atoms with van der Waals surface area (Å²) in [6.45, 7) is 4.78. The van der Waals surface area contributed by atoms with Crippen molar-refractivity contribution in [1.82, 2.24) is 15.1 Å². The van der Waals surface area contributed by atoms with E-state index in [-0.39, 0.29) is 0 Å². The number of rotatable bonds is 1. The van der Waals surface area contributed by atoms with Gasteiger partial charge in [0, 0.05) is 11.7 Å². The molecule has 82 valence electrons. The predicted octanol–water partition coefficient (Wildman–Crippen LogP) is 1.61. The Kier molecular flexibility index (Phi) is 2.28. The van der Waals surface area contributed by atoms with Gasteiger partial charge in [0.25, 0.3) is 0 Å². The predicted molar refractivity (Wildman–Crippen MR) is 59.8 cm³/mol. The van der Waals surface area contributed by atoms with Gasteiger partial charge >= 0.3 is 0 Å². The molecule has 0 unspecified atom stereocenters. The van der Waals surface area contributed by atoms with E-state index in [1.807, 2.05) is 6.20 Å². The summed E-state index contributed by atoms with van der Waals surface area (Å²) >= 11 is 0. The van der Waals surface area contributed by atoms with Gasteiger partial charge < -0.3 is 4.90 Å². The smallest absolute Gasteiger partial charge is 0.0522 e. The van der Waals surface area contributed by atoms with Crippen LogP contribution >= 0.6 is 0 Å². The molecule has 0 radical (unpaired) electrons. The fourth-order valence-corrected chi connectivity index (χ4v) is 3.32. The number of aromatic nitrogens is 2. The molecule has 1 aliphatic carbocycles. The van der Waals surface area contributed by atoms with Crippen LogP contribution in [0.3, 0.4) is 0 Å². The lowest BCUT2D eigenvalue weighted by Gasteiger charge is -2.43. The number of likely N-dealkylation sites (tertiary alicyclic amines) is 1. The molecule has 3 rings (SSSR count). The molecule has 1 fully saturated rings. The maximum absolute atomic E-state index is 4.17. The third-order valence-corrected chi connectivity index (χ3v) is 4.14. The van der Waals surface area contributed by atoms with E-state index in [0.717, 1.165) is 12.0 Å². The van der Waals surface area contributed by atoms with Crippen LogP contribution in [0.25, 0.3) is 0 Å². The number of hydrogen-bond donors (Lipinski definition) is 1. The van der Waals surface area contributed by atoms with Crippen LogP contribution in [-0.2, 0) is 12.8 Å². The summed E-state index contributed by atoms with van der Waals surface area (Å²) in [6, 6.07) is 0.786. The van der Waals surface area contributed by atoms with Crippen molar-refractivity contribution in [2.24, 2.45) is 5.92 Å². The number of nitrogens with one attached hydrogen (secondary N) is 1. The highest BCUT2D eigenvalue weighted by atomic mass is 15.2. The van der Waals surface area contributed by atoms with Crippen molar-refractivity contribution in [1.29, 1.82) is 0 Å². The van der Waals surface area contributed by atoms with Gasteiger partial charge in [0.15, 0.2) is 0 Å². The molecular weight excluding hydrogens is 186 g/mol. The minimum absolute atomic E-state index is 0.786. The molecule has 0 amide bonds. The molecule has 1 aromatic rings. The fraction of sp³-hybridized carbons (Fsp3) is 0.750. The van der Waals surface area contributed by atoms with E-state index in [0.29, 0.717) is 0 Å². The van der Waals surface area contributed by atoms with E-state index in [4.69, 9.17) is 0 Å². The second kappa shape index (κ2) is 3.63. The zero-order valence-electron chi connectivity index (χ0n) is 9.37. The molecule has 1 saturated heterocycles. The highest BCUT2D eigenvalue weighted by Crippen LogP contribution is 2.33. The van der Waals surface area contributed by atoms with Crippen LogP contribution < -0.4 is 0 Å². The van der Waals surface area contributed by atoms with Gasteiger partial charge in [-0.2, -0.15) is 5.10 Å². The quantitative estimate of drug-likeness (QED) is 0.755. The number of piperidine rings is 1. The number of H-pyrrole nitrogens is 1. The first-order chi connectivity index (χ1) is 7.38. The molecule has 2 aliphatic rings. The topological polar surface area (TPSA) is 31.9 Å².